The fourth-order valence-electron chi connectivity index (χ4n) is 2.12. The zero-order valence-electron chi connectivity index (χ0n) is 14.0. The minimum atomic E-state index is -0.554. The Bertz CT molecular complexity index is 787. The van der Waals surface area contributed by atoms with E-state index in [4.69, 9.17) is 10.5 Å². The second kappa shape index (κ2) is 8.54. The maximum atomic E-state index is 12.2. The monoisotopic (exact) mass is 339 g/mol. The first kappa shape index (κ1) is 18.1. The van der Waals surface area contributed by atoms with Crippen molar-refractivity contribution in [3.05, 3.63) is 66.2 Å². The van der Waals surface area contributed by atoms with Gasteiger partial charge in [-0.1, -0.05) is 30.8 Å². The second-order valence-electron chi connectivity index (χ2n) is 5.55. The number of carbonyl (C=O) groups excluding carboxylic acids is 2. The maximum Gasteiger partial charge on any atom is 0.250 e. The van der Waals surface area contributed by atoms with Crippen LogP contribution >= 0.6 is 0 Å². The molecule has 2 aromatic rings. The van der Waals surface area contributed by atoms with Gasteiger partial charge in [0.05, 0.1) is 17.8 Å². The van der Waals surface area contributed by atoms with Crippen LogP contribution < -0.4 is 21.1 Å². The van der Waals surface area contributed by atoms with E-state index in [9.17, 15) is 9.59 Å². The molecule has 0 aliphatic rings. The van der Waals surface area contributed by atoms with Crippen molar-refractivity contribution in [1.82, 2.24) is 0 Å². The zero-order chi connectivity index (χ0) is 18.2. The van der Waals surface area contributed by atoms with E-state index in [-0.39, 0.29) is 12.5 Å². The van der Waals surface area contributed by atoms with Crippen LogP contribution in [0.1, 0.15) is 17.3 Å². The average molecular weight is 339 g/mol. The molecule has 0 aliphatic carbocycles. The first-order valence-electron chi connectivity index (χ1n) is 7.76. The Balaban J connectivity index is 1.99. The van der Waals surface area contributed by atoms with Gasteiger partial charge in [0.25, 0.3) is 5.91 Å². The smallest absolute Gasteiger partial charge is 0.250 e. The van der Waals surface area contributed by atoms with Gasteiger partial charge in [-0.05, 0) is 36.8 Å². The van der Waals surface area contributed by atoms with Gasteiger partial charge < -0.3 is 21.1 Å². The number of ether oxygens (including phenoxy) is 1. The van der Waals surface area contributed by atoms with Crippen molar-refractivity contribution >= 4 is 23.2 Å². The number of hydrogen-bond donors (Lipinski definition) is 3. The molecule has 0 saturated carbocycles. The SMILES string of the molecule is C=C(C)COc1ccccc1NC(=O)CNc1ccccc1C(N)=O. The van der Waals surface area contributed by atoms with Gasteiger partial charge in [-0.15, -0.1) is 0 Å². The number of nitrogens with one attached hydrogen (secondary N) is 2. The highest BCUT2D eigenvalue weighted by molar-refractivity contribution is 6.00. The van der Waals surface area contributed by atoms with Crippen LogP contribution in [-0.2, 0) is 4.79 Å². The number of benzene rings is 2. The lowest BCUT2D eigenvalue weighted by Gasteiger charge is -2.13. The van der Waals surface area contributed by atoms with E-state index >= 15 is 0 Å². The molecule has 0 atom stereocenters. The normalized spacial score (nSPS) is 9.96. The summed E-state index contributed by atoms with van der Waals surface area (Å²) in [6, 6.07) is 13.9. The molecule has 6 nitrogen and oxygen atoms in total. The van der Waals surface area contributed by atoms with E-state index in [1.54, 1.807) is 42.5 Å². The van der Waals surface area contributed by atoms with Crippen LogP contribution in [-0.4, -0.2) is 25.0 Å². The number of amides is 2. The number of para-hydroxylation sites is 3. The van der Waals surface area contributed by atoms with Gasteiger partial charge >= 0.3 is 0 Å². The Morgan fingerprint density at radius 1 is 1.08 bits per heavy atom. The number of rotatable bonds is 8. The summed E-state index contributed by atoms with van der Waals surface area (Å²) in [7, 11) is 0. The molecule has 0 radical (unpaired) electrons. The van der Waals surface area contributed by atoms with Crippen LogP contribution in [0.15, 0.2) is 60.7 Å². The molecule has 0 aromatic heterocycles. The van der Waals surface area contributed by atoms with Crippen LogP contribution in [0.3, 0.4) is 0 Å². The fraction of sp³-hybridized carbons (Fsp3) is 0.158. The molecule has 0 unspecified atom stereocenters. The molecule has 0 aliphatic heterocycles. The first-order chi connectivity index (χ1) is 12.0. The fourth-order valence-corrected chi connectivity index (χ4v) is 2.12. The molecule has 4 N–H and O–H groups in total. The lowest BCUT2D eigenvalue weighted by molar-refractivity contribution is -0.114. The summed E-state index contributed by atoms with van der Waals surface area (Å²) in [6.07, 6.45) is 0. The molecule has 2 aromatic carbocycles. The predicted octanol–water partition coefficient (Wildman–Crippen LogP) is 2.79. The van der Waals surface area contributed by atoms with Crippen molar-refractivity contribution in [1.29, 1.82) is 0 Å². The first-order valence-corrected chi connectivity index (χ1v) is 7.76. The van der Waals surface area contributed by atoms with Gasteiger partial charge in [0.1, 0.15) is 12.4 Å². The molecule has 0 saturated heterocycles. The molecule has 0 heterocycles. The van der Waals surface area contributed by atoms with E-state index < -0.39 is 5.91 Å². The minimum absolute atomic E-state index is 0.0148. The van der Waals surface area contributed by atoms with E-state index in [2.05, 4.69) is 17.2 Å². The minimum Gasteiger partial charge on any atom is -0.487 e. The Hall–Kier alpha value is -3.28. The predicted molar refractivity (Wildman–Crippen MR) is 98.8 cm³/mol. The molecule has 0 bridgehead atoms. The van der Waals surface area contributed by atoms with Crippen molar-refractivity contribution in [3.63, 3.8) is 0 Å². The van der Waals surface area contributed by atoms with Crippen LogP contribution in [0.5, 0.6) is 5.75 Å². The van der Waals surface area contributed by atoms with Gasteiger partial charge in [-0.3, -0.25) is 9.59 Å². The Morgan fingerprint density at radius 3 is 2.40 bits per heavy atom. The number of hydrogen-bond acceptors (Lipinski definition) is 4. The van der Waals surface area contributed by atoms with Crippen molar-refractivity contribution in [2.45, 2.75) is 6.92 Å². The van der Waals surface area contributed by atoms with Gasteiger partial charge in [0.2, 0.25) is 5.91 Å². The van der Waals surface area contributed by atoms with E-state index in [1.807, 2.05) is 13.0 Å². The molecule has 6 heteroatoms. The largest absolute Gasteiger partial charge is 0.487 e. The summed E-state index contributed by atoms with van der Waals surface area (Å²) < 4.78 is 5.62. The van der Waals surface area contributed by atoms with Crippen LogP contribution in [0.25, 0.3) is 0 Å². The third-order valence-electron chi connectivity index (χ3n) is 3.27. The Morgan fingerprint density at radius 2 is 1.72 bits per heavy atom. The van der Waals surface area contributed by atoms with Crippen molar-refractivity contribution < 1.29 is 14.3 Å². The molecule has 2 rings (SSSR count). The topological polar surface area (TPSA) is 93.4 Å². The van der Waals surface area contributed by atoms with Crippen molar-refractivity contribution in [3.8, 4) is 5.75 Å². The summed E-state index contributed by atoms with van der Waals surface area (Å²) in [6.45, 7) is 6.01. The molecular formula is C19H21N3O3. The summed E-state index contributed by atoms with van der Waals surface area (Å²) in [5.74, 6) is -0.260. The van der Waals surface area contributed by atoms with Gasteiger partial charge in [0, 0.05) is 5.69 Å². The van der Waals surface area contributed by atoms with Gasteiger partial charge in [-0.25, -0.2) is 0 Å². The lowest BCUT2D eigenvalue weighted by atomic mass is 10.1. The molecule has 2 amide bonds. The number of primary amides is 1. The average Bonchev–Trinajstić information content (AvgIpc) is 2.59. The highest BCUT2D eigenvalue weighted by Crippen LogP contribution is 2.24. The number of carbonyl (C=O) groups is 2. The molecule has 0 spiro atoms. The van der Waals surface area contributed by atoms with E-state index in [0.29, 0.717) is 29.3 Å². The molecule has 0 fully saturated rings. The van der Waals surface area contributed by atoms with Gasteiger partial charge in [-0.2, -0.15) is 0 Å². The Labute approximate surface area is 146 Å². The molecule has 130 valence electrons. The summed E-state index contributed by atoms with van der Waals surface area (Å²) in [5, 5.41) is 5.70. The van der Waals surface area contributed by atoms with Crippen molar-refractivity contribution in [2.24, 2.45) is 5.73 Å². The maximum absolute atomic E-state index is 12.2. The highest BCUT2D eigenvalue weighted by Gasteiger charge is 2.10. The summed E-state index contributed by atoms with van der Waals surface area (Å²) in [5.41, 5.74) is 7.61. The highest BCUT2D eigenvalue weighted by atomic mass is 16.5. The standard InChI is InChI=1S/C19H21N3O3/c1-13(2)12-25-17-10-6-5-9-16(17)22-18(23)11-21-15-8-4-3-7-14(15)19(20)24/h3-10,21H,1,11-12H2,2H3,(H2,20,24)(H,22,23). The molecule has 25 heavy (non-hydrogen) atoms. The van der Waals surface area contributed by atoms with Crippen LogP contribution in [0, 0.1) is 0 Å². The quantitative estimate of drug-likeness (QED) is 0.645. The van der Waals surface area contributed by atoms with E-state index in [1.165, 1.54) is 0 Å². The zero-order valence-corrected chi connectivity index (χ0v) is 14.0. The van der Waals surface area contributed by atoms with Crippen LogP contribution in [0.4, 0.5) is 11.4 Å². The second-order valence-corrected chi connectivity index (χ2v) is 5.55. The Kier molecular flexibility index (Phi) is 6.17. The number of anilines is 2. The van der Waals surface area contributed by atoms with Crippen molar-refractivity contribution in [2.75, 3.05) is 23.8 Å². The van der Waals surface area contributed by atoms with E-state index in [0.717, 1.165) is 5.57 Å². The third kappa shape index (κ3) is 5.39. The number of nitrogens with two attached hydrogens (primary N) is 1. The van der Waals surface area contributed by atoms with Crippen LogP contribution in [0.2, 0.25) is 0 Å². The summed E-state index contributed by atoms with van der Waals surface area (Å²) >= 11 is 0. The lowest BCUT2D eigenvalue weighted by Crippen LogP contribution is -2.23. The third-order valence-corrected chi connectivity index (χ3v) is 3.27. The van der Waals surface area contributed by atoms with Gasteiger partial charge in [0.15, 0.2) is 0 Å². The summed E-state index contributed by atoms with van der Waals surface area (Å²) in [4.78, 5) is 23.6. The molecular weight excluding hydrogens is 318 g/mol.